The molecule has 7 nitrogen and oxygen atoms in total. The molecule has 2 aliphatic heterocycles. The molecule has 0 amide bonds. The summed E-state index contributed by atoms with van der Waals surface area (Å²) in [6, 6.07) is 7.50. The number of nitrogens with zero attached hydrogens (tertiary/aromatic N) is 2. The van der Waals surface area contributed by atoms with Gasteiger partial charge in [0.1, 0.15) is 0 Å². The number of hydrogen-bond donors (Lipinski definition) is 2. The van der Waals surface area contributed by atoms with Gasteiger partial charge in [-0.1, -0.05) is 12.1 Å². The van der Waals surface area contributed by atoms with Gasteiger partial charge in [0, 0.05) is 49.5 Å². The molecule has 1 fully saturated rings. The highest BCUT2D eigenvalue weighted by molar-refractivity contribution is 7.90. The Kier molecular flexibility index (Phi) is 6.93. The Morgan fingerprint density at radius 2 is 1.94 bits per heavy atom. The standard InChI is InChI=1S/C24H31N3O4S/c1-16(28)18-3-5-23(25-14-18)24-8-7-22(27-24)20(13-17-9-11-31-12-10-17)21-6-4-19(15-26-21)32(2,29)30/h3-6,8,14-17,20,22,27-28H,7,9-13H2,1-2H3. The van der Waals surface area contributed by atoms with E-state index in [9.17, 15) is 13.5 Å². The van der Waals surface area contributed by atoms with E-state index in [1.54, 1.807) is 19.2 Å². The van der Waals surface area contributed by atoms with Gasteiger partial charge in [0.05, 0.1) is 22.4 Å². The van der Waals surface area contributed by atoms with Crippen molar-refractivity contribution in [1.29, 1.82) is 0 Å². The van der Waals surface area contributed by atoms with Gasteiger partial charge >= 0.3 is 0 Å². The van der Waals surface area contributed by atoms with Crippen LogP contribution in [0, 0.1) is 5.92 Å². The van der Waals surface area contributed by atoms with Gasteiger partial charge in [-0.05, 0) is 62.3 Å². The van der Waals surface area contributed by atoms with Crippen molar-refractivity contribution in [3.05, 3.63) is 59.7 Å². The lowest BCUT2D eigenvalue weighted by Gasteiger charge is -2.30. The highest BCUT2D eigenvalue weighted by Gasteiger charge is 2.31. The molecule has 0 spiro atoms. The lowest BCUT2D eigenvalue weighted by atomic mass is 9.82. The number of hydrogen-bond acceptors (Lipinski definition) is 7. The second-order valence-corrected chi connectivity index (χ2v) is 10.9. The third-order valence-electron chi connectivity index (χ3n) is 6.44. The number of rotatable bonds is 7. The summed E-state index contributed by atoms with van der Waals surface area (Å²) in [6.45, 7) is 3.31. The third-order valence-corrected chi connectivity index (χ3v) is 7.54. The largest absolute Gasteiger partial charge is 0.389 e. The maximum Gasteiger partial charge on any atom is 0.177 e. The molecule has 4 heterocycles. The fraction of sp³-hybridized carbons (Fsp3) is 0.500. The van der Waals surface area contributed by atoms with E-state index in [1.165, 1.54) is 12.5 Å². The zero-order chi connectivity index (χ0) is 22.7. The predicted molar refractivity (Wildman–Crippen MR) is 123 cm³/mol. The molecule has 172 valence electrons. The molecule has 3 atom stereocenters. The molecule has 1 saturated heterocycles. The summed E-state index contributed by atoms with van der Waals surface area (Å²) in [7, 11) is -3.28. The smallest absolute Gasteiger partial charge is 0.177 e. The number of aromatic nitrogens is 2. The van der Waals surface area contributed by atoms with E-state index >= 15 is 0 Å². The van der Waals surface area contributed by atoms with E-state index in [4.69, 9.17) is 4.74 Å². The summed E-state index contributed by atoms with van der Waals surface area (Å²) >= 11 is 0. The van der Waals surface area contributed by atoms with E-state index in [1.807, 2.05) is 18.2 Å². The van der Waals surface area contributed by atoms with Crippen molar-refractivity contribution >= 4 is 15.5 Å². The van der Waals surface area contributed by atoms with Crippen LogP contribution in [0.4, 0.5) is 0 Å². The molecule has 32 heavy (non-hydrogen) atoms. The van der Waals surface area contributed by atoms with Gasteiger partial charge in [-0.2, -0.15) is 0 Å². The van der Waals surface area contributed by atoms with E-state index in [0.717, 1.165) is 61.5 Å². The molecule has 2 aromatic rings. The molecule has 3 unspecified atom stereocenters. The van der Waals surface area contributed by atoms with E-state index < -0.39 is 15.9 Å². The number of sulfone groups is 1. The van der Waals surface area contributed by atoms with Gasteiger partial charge in [0.2, 0.25) is 0 Å². The summed E-state index contributed by atoms with van der Waals surface area (Å²) < 4.78 is 29.2. The van der Waals surface area contributed by atoms with Crippen molar-refractivity contribution in [2.24, 2.45) is 5.92 Å². The van der Waals surface area contributed by atoms with Crippen LogP contribution in [-0.2, 0) is 14.6 Å². The van der Waals surface area contributed by atoms with Crippen LogP contribution in [0.25, 0.3) is 5.70 Å². The Morgan fingerprint density at radius 1 is 1.16 bits per heavy atom. The third kappa shape index (κ3) is 5.36. The van der Waals surface area contributed by atoms with Crippen LogP contribution in [-0.4, -0.2) is 49.0 Å². The fourth-order valence-electron chi connectivity index (χ4n) is 4.48. The minimum absolute atomic E-state index is 0.150. The average molecular weight is 458 g/mol. The molecule has 2 aromatic heterocycles. The number of ether oxygens (including phenoxy) is 1. The first-order chi connectivity index (χ1) is 15.3. The Labute approximate surface area is 189 Å². The van der Waals surface area contributed by atoms with Crippen LogP contribution in [0.5, 0.6) is 0 Å². The molecule has 2 N–H and O–H groups in total. The highest BCUT2D eigenvalue weighted by Crippen LogP contribution is 2.35. The van der Waals surface area contributed by atoms with Crippen molar-refractivity contribution in [1.82, 2.24) is 15.3 Å². The van der Waals surface area contributed by atoms with Gasteiger partial charge in [-0.15, -0.1) is 0 Å². The SMILES string of the molecule is CC(O)c1ccc(C2=CCC(C(CC3CCOCC3)c3ccc(S(C)(=O)=O)cn3)N2)nc1. The van der Waals surface area contributed by atoms with Crippen LogP contribution in [0.2, 0.25) is 0 Å². The normalized spacial score (nSPS) is 21.6. The second kappa shape index (κ2) is 9.68. The zero-order valence-electron chi connectivity index (χ0n) is 18.6. The number of aliphatic hydroxyl groups is 1. The van der Waals surface area contributed by atoms with Crippen LogP contribution in [0.3, 0.4) is 0 Å². The van der Waals surface area contributed by atoms with E-state index in [2.05, 4.69) is 21.4 Å². The first-order valence-electron chi connectivity index (χ1n) is 11.2. The minimum atomic E-state index is -3.28. The first-order valence-corrected chi connectivity index (χ1v) is 13.0. The lowest BCUT2D eigenvalue weighted by Crippen LogP contribution is -2.32. The molecular formula is C24H31N3O4S. The van der Waals surface area contributed by atoms with E-state index in [-0.39, 0.29) is 16.9 Å². The van der Waals surface area contributed by atoms with Gasteiger partial charge in [-0.3, -0.25) is 9.97 Å². The first kappa shape index (κ1) is 22.9. The van der Waals surface area contributed by atoms with Gasteiger partial charge in [-0.25, -0.2) is 8.42 Å². The lowest BCUT2D eigenvalue weighted by molar-refractivity contribution is 0.0604. The second-order valence-electron chi connectivity index (χ2n) is 8.85. The topological polar surface area (TPSA) is 101 Å². The highest BCUT2D eigenvalue weighted by atomic mass is 32.2. The molecule has 0 radical (unpaired) electrons. The van der Waals surface area contributed by atoms with E-state index in [0.29, 0.717) is 5.92 Å². The Hall–Kier alpha value is -2.29. The Bertz CT molecular complexity index is 1040. The zero-order valence-corrected chi connectivity index (χ0v) is 19.4. The number of pyridine rings is 2. The molecule has 0 aromatic carbocycles. The predicted octanol–water partition coefficient (Wildman–Crippen LogP) is 3.24. The Morgan fingerprint density at radius 3 is 2.53 bits per heavy atom. The van der Waals surface area contributed by atoms with Gasteiger partial charge in [0.25, 0.3) is 0 Å². The van der Waals surface area contributed by atoms with Crippen LogP contribution in [0.1, 0.15) is 61.6 Å². The van der Waals surface area contributed by atoms with Gasteiger partial charge in [0.15, 0.2) is 9.84 Å². The van der Waals surface area contributed by atoms with Gasteiger partial charge < -0.3 is 15.2 Å². The summed E-state index contributed by atoms with van der Waals surface area (Å²) in [5.41, 5.74) is 3.53. The average Bonchev–Trinajstić information content (AvgIpc) is 3.28. The van der Waals surface area contributed by atoms with Crippen molar-refractivity contribution < 1.29 is 18.3 Å². The summed E-state index contributed by atoms with van der Waals surface area (Å²) in [6.07, 6.45) is 9.90. The fourth-order valence-corrected chi connectivity index (χ4v) is 5.04. The van der Waals surface area contributed by atoms with Crippen molar-refractivity contribution in [2.45, 2.75) is 55.6 Å². The molecule has 8 heteroatoms. The van der Waals surface area contributed by atoms with Crippen LogP contribution >= 0.6 is 0 Å². The van der Waals surface area contributed by atoms with Crippen LogP contribution in [0.15, 0.2) is 47.6 Å². The molecule has 2 aliphatic rings. The molecule has 0 aliphatic carbocycles. The maximum atomic E-state index is 11.9. The van der Waals surface area contributed by atoms with Crippen molar-refractivity contribution in [3.63, 3.8) is 0 Å². The van der Waals surface area contributed by atoms with Crippen molar-refractivity contribution in [3.8, 4) is 0 Å². The van der Waals surface area contributed by atoms with Crippen molar-refractivity contribution in [2.75, 3.05) is 19.5 Å². The monoisotopic (exact) mass is 457 g/mol. The molecule has 0 saturated carbocycles. The molecule has 0 bridgehead atoms. The summed E-state index contributed by atoms with van der Waals surface area (Å²) in [5, 5.41) is 13.4. The number of aliphatic hydroxyl groups excluding tert-OH is 1. The van der Waals surface area contributed by atoms with Crippen LogP contribution < -0.4 is 5.32 Å². The maximum absolute atomic E-state index is 11.9. The summed E-state index contributed by atoms with van der Waals surface area (Å²) in [4.78, 5) is 9.32. The number of nitrogens with one attached hydrogen (secondary N) is 1. The minimum Gasteiger partial charge on any atom is -0.389 e. The molecular weight excluding hydrogens is 426 g/mol. The Balaban J connectivity index is 1.53. The molecule has 4 rings (SSSR count). The summed E-state index contributed by atoms with van der Waals surface area (Å²) in [5.74, 6) is 0.705. The quantitative estimate of drug-likeness (QED) is 0.658.